The molecule has 0 aromatic heterocycles. The molecule has 0 bridgehead atoms. The fourth-order valence-corrected chi connectivity index (χ4v) is 3.16. The minimum absolute atomic E-state index is 0.391. The second-order valence-electron chi connectivity index (χ2n) is 4.86. The van der Waals surface area contributed by atoms with Gasteiger partial charge in [-0.1, -0.05) is 30.9 Å². The summed E-state index contributed by atoms with van der Waals surface area (Å²) in [5.41, 5.74) is 10.1. The number of hydrogen-bond donors (Lipinski definition) is 0. The molecule has 2 rings (SSSR count). The van der Waals surface area contributed by atoms with Crippen LogP contribution in [-0.4, -0.2) is 33.9 Å². The molecule has 1 atom stereocenters. The lowest BCUT2D eigenvalue weighted by Crippen LogP contribution is -2.35. The number of halogens is 2. The summed E-state index contributed by atoms with van der Waals surface area (Å²) < 4.78 is 0. The average molecular weight is 286 g/mol. The Morgan fingerprint density at radius 3 is 2.56 bits per heavy atom. The van der Waals surface area contributed by atoms with Gasteiger partial charge in [-0.2, -0.15) is 4.79 Å². The largest absolute Gasteiger partial charge is 0.371 e. The molecule has 5 heteroatoms. The van der Waals surface area contributed by atoms with E-state index in [-0.39, 0.29) is 0 Å². The highest BCUT2D eigenvalue weighted by molar-refractivity contribution is 6.45. The summed E-state index contributed by atoms with van der Waals surface area (Å²) in [6.45, 7) is 0. The van der Waals surface area contributed by atoms with Crippen LogP contribution in [0.15, 0.2) is 22.9 Å². The van der Waals surface area contributed by atoms with Gasteiger partial charge >= 0.3 is 5.71 Å². The van der Waals surface area contributed by atoms with E-state index in [0.717, 1.165) is 5.70 Å². The Balaban J connectivity index is 2.19. The number of allylic oxidation sites excluding steroid dienone is 3. The third-order valence-electron chi connectivity index (χ3n) is 3.76. The molecular formula is C13H17Cl2N3. The molecule has 1 unspecified atom stereocenters. The zero-order valence-corrected chi connectivity index (χ0v) is 12.0. The van der Waals surface area contributed by atoms with E-state index < -0.39 is 5.38 Å². The van der Waals surface area contributed by atoms with E-state index in [2.05, 4.69) is 16.7 Å². The fourth-order valence-electron chi connectivity index (χ4n) is 2.62. The Labute approximate surface area is 118 Å². The zero-order chi connectivity index (χ0) is 13.1. The van der Waals surface area contributed by atoms with Crippen LogP contribution < -0.4 is 0 Å². The van der Waals surface area contributed by atoms with Crippen molar-refractivity contribution in [2.24, 2.45) is 0 Å². The highest BCUT2D eigenvalue weighted by Gasteiger charge is 2.31. The van der Waals surface area contributed by atoms with Gasteiger partial charge in [0.15, 0.2) is 5.38 Å². The SMILES string of the molecule is CN(C1=C(Cl)C(Cl)C(=[N+]=[N-])C=C1)C1CCCCC1. The summed E-state index contributed by atoms with van der Waals surface area (Å²) in [6.07, 6.45) is 9.88. The number of rotatable bonds is 2. The van der Waals surface area contributed by atoms with Crippen molar-refractivity contribution in [3.63, 3.8) is 0 Å². The lowest BCUT2D eigenvalue weighted by Gasteiger charge is -2.35. The van der Waals surface area contributed by atoms with Gasteiger partial charge in [-0.05, 0) is 18.9 Å². The van der Waals surface area contributed by atoms with Gasteiger partial charge < -0.3 is 10.4 Å². The molecule has 0 radical (unpaired) electrons. The molecule has 3 nitrogen and oxygen atoms in total. The van der Waals surface area contributed by atoms with Crippen LogP contribution in [0.2, 0.25) is 0 Å². The first kappa shape index (κ1) is 13.7. The predicted octanol–water partition coefficient (Wildman–Crippen LogP) is 3.55. The summed E-state index contributed by atoms with van der Waals surface area (Å²) in [4.78, 5) is 5.36. The number of hydrogen-bond acceptors (Lipinski definition) is 1. The first-order chi connectivity index (χ1) is 8.65. The van der Waals surface area contributed by atoms with Crippen molar-refractivity contribution in [3.8, 4) is 0 Å². The summed E-state index contributed by atoms with van der Waals surface area (Å²) in [5.74, 6) is 0. The lowest BCUT2D eigenvalue weighted by molar-refractivity contribution is -0.00529. The fraction of sp³-hybridized carbons (Fsp3) is 0.615. The third kappa shape index (κ3) is 2.64. The summed E-state index contributed by atoms with van der Waals surface area (Å²) >= 11 is 12.4. The zero-order valence-electron chi connectivity index (χ0n) is 10.4. The van der Waals surface area contributed by atoms with E-state index in [4.69, 9.17) is 28.7 Å². The minimum Gasteiger partial charge on any atom is -0.371 e. The second kappa shape index (κ2) is 5.92. The van der Waals surface area contributed by atoms with Crippen LogP contribution in [-0.2, 0) is 0 Å². The van der Waals surface area contributed by atoms with Crippen LogP contribution >= 0.6 is 23.2 Å². The molecular weight excluding hydrogens is 269 g/mol. The Kier molecular flexibility index (Phi) is 4.50. The Hall–Kier alpha value is -0.760. The van der Waals surface area contributed by atoms with E-state index in [1.165, 1.54) is 32.1 Å². The van der Waals surface area contributed by atoms with E-state index in [1.807, 2.05) is 6.08 Å². The van der Waals surface area contributed by atoms with Crippen molar-refractivity contribution in [1.29, 1.82) is 0 Å². The topological polar surface area (TPSA) is 39.6 Å². The first-order valence-electron chi connectivity index (χ1n) is 6.31. The van der Waals surface area contributed by atoms with E-state index in [9.17, 15) is 0 Å². The van der Waals surface area contributed by atoms with Gasteiger partial charge in [0.1, 0.15) is 0 Å². The molecule has 0 aliphatic heterocycles. The average Bonchev–Trinajstić information content (AvgIpc) is 2.42. The summed E-state index contributed by atoms with van der Waals surface area (Å²) in [7, 11) is 2.06. The van der Waals surface area contributed by atoms with Crippen molar-refractivity contribution in [1.82, 2.24) is 4.90 Å². The Morgan fingerprint density at radius 2 is 1.94 bits per heavy atom. The number of likely N-dealkylation sites (N-methyl/N-ethyl adjacent to an activating group) is 1. The van der Waals surface area contributed by atoms with Gasteiger partial charge in [-0.25, -0.2) is 0 Å². The van der Waals surface area contributed by atoms with Crippen molar-refractivity contribution in [2.45, 2.75) is 43.5 Å². The molecule has 18 heavy (non-hydrogen) atoms. The maximum atomic E-state index is 8.81. The monoisotopic (exact) mass is 285 g/mol. The van der Waals surface area contributed by atoms with E-state index >= 15 is 0 Å². The molecule has 0 amide bonds. The van der Waals surface area contributed by atoms with Crippen LogP contribution in [0.1, 0.15) is 32.1 Å². The lowest BCUT2D eigenvalue weighted by atomic mass is 9.93. The van der Waals surface area contributed by atoms with Gasteiger partial charge in [-0.3, -0.25) is 0 Å². The summed E-state index contributed by atoms with van der Waals surface area (Å²) in [5, 5.41) is -0.0113. The van der Waals surface area contributed by atoms with Gasteiger partial charge in [0.05, 0.1) is 10.7 Å². The van der Waals surface area contributed by atoms with Crippen LogP contribution in [0.4, 0.5) is 0 Å². The maximum absolute atomic E-state index is 8.81. The van der Waals surface area contributed by atoms with Gasteiger partial charge in [-0.15, -0.1) is 11.6 Å². The molecule has 0 aromatic rings. The van der Waals surface area contributed by atoms with E-state index in [1.54, 1.807) is 6.08 Å². The van der Waals surface area contributed by atoms with Crippen molar-refractivity contribution in [2.75, 3.05) is 7.05 Å². The first-order valence-corrected chi connectivity index (χ1v) is 7.13. The van der Waals surface area contributed by atoms with Crippen LogP contribution in [0.25, 0.3) is 5.53 Å². The van der Waals surface area contributed by atoms with Crippen molar-refractivity contribution in [3.05, 3.63) is 28.4 Å². The molecule has 98 valence electrons. The molecule has 0 aromatic carbocycles. The second-order valence-corrected chi connectivity index (χ2v) is 5.70. The van der Waals surface area contributed by atoms with Crippen molar-refractivity contribution >= 4 is 28.9 Å². The van der Waals surface area contributed by atoms with Crippen LogP contribution in [0.3, 0.4) is 0 Å². The Bertz CT molecular complexity index is 430. The normalized spacial score (nSPS) is 25.3. The standard InChI is InChI=1S/C13H17Cl2N3/c1-18(9-5-3-2-4-6-9)11-8-7-10(17-16)12(14)13(11)15/h7-9,12H,2-6H2,1H3. The molecule has 2 aliphatic carbocycles. The van der Waals surface area contributed by atoms with Gasteiger partial charge in [0.2, 0.25) is 0 Å². The number of alkyl halides is 1. The van der Waals surface area contributed by atoms with Crippen molar-refractivity contribution < 1.29 is 4.79 Å². The quantitative estimate of drug-likeness (QED) is 0.434. The molecule has 1 saturated carbocycles. The van der Waals surface area contributed by atoms with Gasteiger partial charge in [0, 0.05) is 19.2 Å². The van der Waals surface area contributed by atoms with Gasteiger partial charge in [0.25, 0.3) is 0 Å². The van der Waals surface area contributed by atoms with Crippen LogP contribution in [0, 0.1) is 0 Å². The van der Waals surface area contributed by atoms with Crippen LogP contribution in [0.5, 0.6) is 0 Å². The molecule has 0 heterocycles. The predicted molar refractivity (Wildman–Crippen MR) is 74.9 cm³/mol. The van der Waals surface area contributed by atoms with E-state index in [0.29, 0.717) is 16.8 Å². The molecule has 1 fully saturated rings. The minimum atomic E-state index is -0.553. The molecule has 2 aliphatic rings. The molecule has 0 N–H and O–H groups in total. The maximum Gasteiger partial charge on any atom is 0.315 e. The molecule has 0 spiro atoms. The molecule has 0 saturated heterocycles. The summed E-state index contributed by atoms with van der Waals surface area (Å²) in [6, 6.07) is 0.531. The smallest absolute Gasteiger partial charge is 0.315 e. The highest BCUT2D eigenvalue weighted by atomic mass is 35.5. The Morgan fingerprint density at radius 1 is 1.28 bits per heavy atom. The third-order valence-corrected chi connectivity index (χ3v) is 4.72. The highest BCUT2D eigenvalue weighted by Crippen LogP contribution is 2.31. The number of nitrogens with zero attached hydrogens (tertiary/aromatic N) is 3.